The molecule has 0 unspecified atom stereocenters. The molecule has 3 atom stereocenters. The van der Waals surface area contributed by atoms with E-state index in [0.29, 0.717) is 54.4 Å². The number of anilines is 2. The predicted molar refractivity (Wildman–Crippen MR) is 265 cm³/mol. The molecule has 1 aromatic heterocycles. The summed E-state index contributed by atoms with van der Waals surface area (Å²) < 4.78 is 53.8. The van der Waals surface area contributed by atoms with Crippen molar-refractivity contribution in [2.45, 2.75) is 96.9 Å². The van der Waals surface area contributed by atoms with Gasteiger partial charge in [0.1, 0.15) is 29.1 Å². The molecule has 5 aromatic rings. The highest BCUT2D eigenvalue weighted by molar-refractivity contribution is 7.81. The lowest BCUT2D eigenvalue weighted by Gasteiger charge is -2.35. The Hall–Kier alpha value is -6.88. The van der Waals surface area contributed by atoms with Gasteiger partial charge in [0, 0.05) is 42.9 Å². The Bertz CT molecular complexity index is 2920. The van der Waals surface area contributed by atoms with Gasteiger partial charge in [0.05, 0.1) is 58.3 Å². The molecule has 3 aliphatic heterocycles. The van der Waals surface area contributed by atoms with Crippen LogP contribution >= 0.6 is 23.6 Å². The standard InChI is InChI=1S/C52H52F3N7O7S2/c1-30(2)44(60-27-35-10-6-7-11-40(35)47(60)65)48(66)59-28-38(63)24-42(59)46(64)57-26-34-13-12-32(45-31(3)58-29-71-45)22-43(34)69-21-9-8-20-68-39-18-16-36(17-19-39)62-50(70)61(49(67)51(62,4)5)37-15-14-33(25-56)41(23-37)52(53,54)55/h6-7,10-19,22-23,29-30,38,42,44,63H,8-9,20-21,24,26-28H2,1-5H3,(H,57,64)/t38-,42-,44-/m0/s1. The van der Waals surface area contributed by atoms with Crippen LogP contribution in [0.4, 0.5) is 24.5 Å². The number of thiazole rings is 1. The monoisotopic (exact) mass is 1010 g/mol. The molecule has 4 heterocycles. The first-order valence-electron chi connectivity index (χ1n) is 23.1. The number of amides is 4. The number of hydrogen-bond donors (Lipinski definition) is 2. The largest absolute Gasteiger partial charge is 0.494 e. The number of hydrogen-bond acceptors (Lipinski definition) is 11. The Morgan fingerprint density at radius 2 is 1.70 bits per heavy atom. The number of aliphatic hydroxyl groups excluding tert-OH is 1. The normalized spacial score (nSPS) is 18.0. The van der Waals surface area contributed by atoms with Crippen molar-refractivity contribution < 1.29 is 46.9 Å². The second kappa shape index (κ2) is 20.5. The summed E-state index contributed by atoms with van der Waals surface area (Å²) in [5, 5.41) is 23.0. The highest BCUT2D eigenvalue weighted by atomic mass is 32.1. The Morgan fingerprint density at radius 3 is 2.37 bits per heavy atom. The molecular formula is C52H52F3N7O7S2. The number of alkyl halides is 3. The SMILES string of the molecule is Cc1ncsc1-c1ccc(CNC(=O)[C@@H]2C[C@H](O)CN2C(=O)[C@H](C(C)C)N2Cc3ccccc3C2=O)c(OCCCCOc2ccc(N3C(=S)N(c4ccc(C#N)c(C(F)(F)F)c4)C(=O)C3(C)C)cc2)c1. The molecule has 0 bridgehead atoms. The number of β-amino-alcohol motifs (C(OH)–C–C–N with tert-alkyl or cyclic N) is 1. The molecule has 0 radical (unpaired) electrons. The summed E-state index contributed by atoms with van der Waals surface area (Å²) in [6.45, 7) is 9.90. The highest BCUT2D eigenvalue weighted by Crippen LogP contribution is 2.40. The van der Waals surface area contributed by atoms with Gasteiger partial charge < -0.3 is 34.6 Å². The van der Waals surface area contributed by atoms with Crippen LogP contribution in [0.25, 0.3) is 10.4 Å². The first-order valence-corrected chi connectivity index (χ1v) is 24.4. The van der Waals surface area contributed by atoms with Gasteiger partial charge in [0.15, 0.2) is 5.11 Å². The molecule has 14 nitrogen and oxygen atoms in total. The van der Waals surface area contributed by atoms with Crippen LogP contribution in [-0.2, 0) is 33.6 Å². The van der Waals surface area contributed by atoms with E-state index >= 15 is 0 Å². The summed E-state index contributed by atoms with van der Waals surface area (Å²) >= 11 is 7.17. The van der Waals surface area contributed by atoms with Crippen LogP contribution in [-0.4, -0.2) is 92.1 Å². The first kappa shape index (κ1) is 50.5. The summed E-state index contributed by atoms with van der Waals surface area (Å²) in [5.74, 6) is -0.746. The number of benzene rings is 4. The second-order valence-electron chi connectivity index (χ2n) is 18.5. The fourth-order valence-corrected chi connectivity index (χ4v) is 10.7. The van der Waals surface area contributed by atoms with Crippen LogP contribution in [0.2, 0.25) is 0 Å². The predicted octanol–water partition coefficient (Wildman–Crippen LogP) is 8.42. The van der Waals surface area contributed by atoms with Gasteiger partial charge in [-0.2, -0.15) is 18.4 Å². The number of carbonyl (C=O) groups is 4. The summed E-state index contributed by atoms with van der Waals surface area (Å²) in [4.78, 5) is 66.3. The van der Waals surface area contributed by atoms with E-state index < -0.39 is 52.8 Å². The quantitative estimate of drug-likeness (QED) is 0.0719. The third kappa shape index (κ3) is 10.2. The molecule has 0 aliphatic carbocycles. The maximum absolute atomic E-state index is 14.3. The van der Waals surface area contributed by atoms with Gasteiger partial charge in [-0.3, -0.25) is 24.1 Å². The van der Waals surface area contributed by atoms with Gasteiger partial charge in [0.2, 0.25) is 11.8 Å². The van der Waals surface area contributed by atoms with Gasteiger partial charge in [-0.25, -0.2) is 4.98 Å². The summed E-state index contributed by atoms with van der Waals surface area (Å²) in [6, 6.07) is 22.7. The Morgan fingerprint density at radius 1 is 1.00 bits per heavy atom. The van der Waals surface area contributed by atoms with Crippen LogP contribution in [0.5, 0.6) is 11.5 Å². The van der Waals surface area contributed by atoms with E-state index in [4.69, 9.17) is 21.7 Å². The maximum atomic E-state index is 14.3. The number of nitriles is 1. The topological polar surface area (TPSA) is 169 Å². The van der Waals surface area contributed by atoms with Crippen molar-refractivity contribution in [2.75, 3.05) is 29.6 Å². The van der Waals surface area contributed by atoms with Crippen LogP contribution < -0.4 is 24.6 Å². The summed E-state index contributed by atoms with van der Waals surface area (Å²) in [5.41, 5.74) is 3.08. The molecule has 2 saturated heterocycles. The van der Waals surface area contributed by atoms with E-state index in [-0.39, 0.29) is 54.6 Å². The van der Waals surface area contributed by atoms with Crippen molar-refractivity contribution in [1.29, 1.82) is 5.26 Å². The van der Waals surface area contributed by atoms with Gasteiger partial charge in [0.25, 0.3) is 11.8 Å². The molecule has 0 spiro atoms. The van der Waals surface area contributed by atoms with Crippen LogP contribution in [0.1, 0.15) is 85.3 Å². The van der Waals surface area contributed by atoms with Crippen molar-refractivity contribution in [3.05, 3.63) is 124 Å². The highest BCUT2D eigenvalue weighted by Gasteiger charge is 2.51. The third-order valence-corrected chi connectivity index (χ3v) is 14.3. The number of nitrogens with zero attached hydrogens (tertiary/aromatic N) is 6. The number of aromatic nitrogens is 1. The van der Waals surface area contributed by atoms with Crippen molar-refractivity contribution in [1.82, 2.24) is 20.1 Å². The van der Waals surface area contributed by atoms with E-state index in [1.54, 1.807) is 71.6 Å². The number of rotatable bonds is 16. The molecule has 0 saturated carbocycles. The second-order valence-corrected chi connectivity index (χ2v) is 19.8. The molecule has 19 heteroatoms. The summed E-state index contributed by atoms with van der Waals surface area (Å²) in [6.07, 6.45) is -4.46. The molecule has 4 aromatic carbocycles. The lowest BCUT2D eigenvalue weighted by atomic mass is 10.0. The molecule has 71 heavy (non-hydrogen) atoms. The van der Waals surface area contributed by atoms with Gasteiger partial charge in [-0.1, -0.05) is 44.2 Å². The molecular weight excluding hydrogens is 956 g/mol. The minimum Gasteiger partial charge on any atom is -0.494 e. The molecule has 3 aliphatic rings. The van der Waals surface area contributed by atoms with E-state index in [9.17, 15) is 42.7 Å². The number of nitrogens with one attached hydrogen (secondary N) is 1. The minimum absolute atomic E-state index is 0.0172. The fraction of sp³-hybridized carbons (Fsp3) is 0.365. The third-order valence-electron chi connectivity index (χ3n) is 13.0. The molecule has 8 rings (SSSR count). The number of thiocarbonyl (C=S) groups is 1. The van der Waals surface area contributed by atoms with E-state index in [0.717, 1.165) is 38.7 Å². The Kier molecular flexibility index (Phi) is 14.6. The Labute approximate surface area is 418 Å². The lowest BCUT2D eigenvalue weighted by molar-refractivity contribution is -0.143. The number of halogens is 3. The van der Waals surface area contributed by atoms with Crippen molar-refractivity contribution in [3.63, 3.8) is 0 Å². The average Bonchev–Trinajstić information content (AvgIpc) is 4.08. The van der Waals surface area contributed by atoms with Crippen LogP contribution in [0.15, 0.2) is 90.4 Å². The van der Waals surface area contributed by atoms with Gasteiger partial charge >= 0.3 is 6.18 Å². The van der Waals surface area contributed by atoms with Gasteiger partial charge in [-0.15, -0.1) is 11.3 Å². The zero-order valence-electron chi connectivity index (χ0n) is 39.7. The number of aryl methyl sites for hydroxylation is 1. The van der Waals surface area contributed by atoms with Crippen LogP contribution in [0, 0.1) is 24.2 Å². The van der Waals surface area contributed by atoms with Crippen molar-refractivity contribution in [3.8, 4) is 28.0 Å². The van der Waals surface area contributed by atoms with Gasteiger partial charge in [-0.05, 0) is 117 Å². The summed E-state index contributed by atoms with van der Waals surface area (Å²) in [7, 11) is 0. The molecule has 370 valence electrons. The first-order chi connectivity index (χ1) is 33.8. The number of ether oxygens (including phenoxy) is 2. The molecule has 2 N–H and O–H groups in total. The minimum atomic E-state index is -4.81. The maximum Gasteiger partial charge on any atom is 0.417 e. The smallest absolute Gasteiger partial charge is 0.417 e. The Balaban J connectivity index is 0.877. The van der Waals surface area contributed by atoms with Crippen molar-refractivity contribution in [2.24, 2.45) is 5.92 Å². The number of likely N-dealkylation sites (tertiary alicyclic amines) is 1. The van der Waals surface area contributed by atoms with Crippen LogP contribution in [0.3, 0.4) is 0 Å². The average molecular weight is 1010 g/mol. The van der Waals surface area contributed by atoms with E-state index in [1.807, 2.05) is 51.1 Å². The number of carbonyl (C=O) groups excluding carboxylic acids is 4. The number of fused-ring (bicyclic) bond motifs is 1. The van der Waals surface area contributed by atoms with Crippen molar-refractivity contribution >= 4 is 63.7 Å². The molecule has 4 amide bonds. The van der Waals surface area contributed by atoms with E-state index in [2.05, 4.69) is 10.3 Å². The fourth-order valence-electron chi connectivity index (χ4n) is 9.34. The zero-order valence-corrected chi connectivity index (χ0v) is 41.3. The zero-order chi connectivity index (χ0) is 50.9. The molecule has 2 fully saturated rings. The number of unbranched alkanes of at least 4 members (excludes halogenated alkanes) is 1. The van der Waals surface area contributed by atoms with E-state index in [1.165, 1.54) is 22.3 Å². The lowest BCUT2D eigenvalue weighted by Crippen LogP contribution is -2.55. The number of aliphatic hydroxyl groups is 1.